The van der Waals surface area contributed by atoms with E-state index in [-0.39, 0.29) is 5.78 Å². The second-order valence-corrected chi connectivity index (χ2v) is 2.58. The highest BCUT2D eigenvalue weighted by Gasteiger charge is 2.12. The van der Waals surface area contributed by atoms with Crippen molar-refractivity contribution in [2.45, 2.75) is 25.8 Å². The van der Waals surface area contributed by atoms with Crippen LogP contribution in [-0.4, -0.2) is 17.7 Å². The molecular weight excluding hydrogens is 164 g/mol. The summed E-state index contributed by atoms with van der Waals surface area (Å²) in [5.41, 5.74) is 4.97. The standard InChI is InChI=1S/C6H12N2O2S/c1-4(9)2-3-5(8-11)6(7)10/h5,8,11H,2-3H2,1H3,(H2,7,10). The summed E-state index contributed by atoms with van der Waals surface area (Å²) in [5.74, 6) is -0.443. The summed E-state index contributed by atoms with van der Waals surface area (Å²) in [4.78, 5) is 21.0. The summed E-state index contributed by atoms with van der Waals surface area (Å²) in [7, 11) is 0. The van der Waals surface area contributed by atoms with Crippen LogP contribution in [0.3, 0.4) is 0 Å². The van der Waals surface area contributed by atoms with Crippen LogP contribution in [0.2, 0.25) is 0 Å². The van der Waals surface area contributed by atoms with Crippen LogP contribution in [0.15, 0.2) is 0 Å². The van der Waals surface area contributed by atoms with Crippen LogP contribution >= 0.6 is 12.8 Å². The molecular formula is C6H12N2O2S. The van der Waals surface area contributed by atoms with Gasteiger partial charge < -0.3 is 10.5 Å². The summed E-state index contributed by atoms with van der Waals surface area (Å²) in [6, 6.07) is -0.512. The molecule has 0 saturated carbocycles. The van der Waals surface area contributed by atoms with Crippen molar-refractivity contribution in [3.05, 3.63) is 0 Å². The maximum Gasteiger partial charge on any atom is 0.235 e. The highest BCUT2D eigenvalue weighted by molar-refractivity contribution is 7.78. The van der Waals surface area contributed by atoms with Crippen molar-refractivity contribution < 1.29 is 9.59 Å². The Hall–Kier alpha value is -0.550. The van der Waals surface area contributed by atoms with E-state index < -0.39 is 11.9 Å². The highest BCUT2D eigenvalue weighted by atomic mass is 32.1. The summed E-state index contributed by atoms with van der Waals surface area (Å²) in [6.07, 6.45) is 0.759. The Morgan fingerprint density at radius 3 is 2.45 bits per heavy atom. The molecule has 0 bridgehead atoms. The van der Waals surface area contributed by atoms with Crippen molar-refractivity contribution in [1.29, 1.82) is 0 Å². The highest BCUT2D eigenvalue weighted by Crippen LogP contribution is 1.97. The molecule has 1 unspecified atom stereocenters. The zero-order valence-corrected chi connectivity index (χ0v) is 7.23. The average molecular weight is 176 g/mol. The largest absolute Gasteiger partial charge is 0.368 e. The minimum absolute atomic E-state index is 0.0415. The van der Waals surface area contributed by atoms with Gasteiger partial charge in [0.2, 0.25) is 5.91 Å². The minimum Gasteiger partial charge on any atom is -0.368 e. The monoisotopic (exact) mass is 176 g/mol. The van der Waals surface area contributed by atoms with Gasteiger partial charge in [-0.2, -0.15) is 0 Å². The first-order valence-electron chi connectivity index (χ1n) is 3.26. The first kappa shape index (κ1) is 10.4. The maximum absolute atomic E-state index is 10.5. The van der Waals surface area contributed by atoms with Crippen LogP contribution in [0.4, 0.5) is 0 Å². The van der Waals surface area contributed by atoms with Crippen LogP contribution < -0.4 is 10.5 Å². The van der Waals surface area contributed by atoms with Gasteiger partial charge in [0, 0.05) is 6.42 Å². The van der Waals surface area contributed by atoms with Gasteiger partial charge in [0.1, 0.15) is 5.78 Å². The first-order chi connectivity index (χ1) is 5.07. The number of carbonyl (C=O) groups excluding carboxylic acids is 2. The lowest BCUT2D eigenvalue weighted by atomic mass is 10.1. The Bertz CT molecular complexity index is 161. The van der Waals surface area contributed by atoms with Gasteiger partial charge in [-0.1, -0.05) is 12.8 Å². The quantitative estimate of drug-likeness (QED) is 0.501. The molecule has 1 atom stereocenters. The molecule has 0 spiro atoms. The predicted molar refractivity (Wildman–Crippen MR) is 45.0 cm³/mol. The lowest BCUT2D eigenvalue weighted by molar-refractivity contribution is -0.120. The Morgan fingerprint density at radius 2 is 2.18 bits per heavy atom. The SMILES string of the molecule is CC(=O)CCC(NS)C(N)=O. The van der Waals surface area contributed by atoms with Gasteiger partial charge in [-0.05, 0) is 13.3 Å². The molecule has 0 saturated heterocycles. The topological polar surface area (TPSA) is 72.2 Å². The molecule has 0 radical (unpaired) electrons. The zero-order valence-electron chi connectivity index (χ0n) is 6.33. The predicted octanol–water partition coefficient (Wildman–Crippen LogP) is -0.356. The number of thiol groups is 1. The van der Waals surface area contributed by atoms with Crippen molar-refractivity contribution in [2.24, 2.45) is 5.73 Å². The fourth-order valence-corrected chi connectivity index (χ4v) is 0.874. The molecule has 4 nitrogen and oxygen atoms in total. The molecule has 5 heteroatoms. The molecule has 0 rings (SSSR count). The molecule has 0 aliphatic rings. The van der Waals surface area contributed by atoms with Crippen molar-refractivity contribution in [2.75, 3.05) is 0 Å². The fourth-order valence-electron chi connectivity index (χ4n) is 0.618. The van der Waals surface area contributed by atoms with Crippen LogP contribution in [0.25, 0.3) is 0 Å². The van der Waals surface area contributed by atoms with Gasteiger partial charge in [0.05, 0.1) is 6.04 Å². The molecule has 64 valence electrons. The lowest BCUT2D eigenvalue weighted by Crippen LogP contribution is -2.36. The number of nitrogens with one attached hydrogen (secondary N) is 1. The van der Waals surface area contributed by atoms with E-state index in [1.807, 2.05) is 0 Å². The molecule has 0 heterocycles. The summed E-state index contributed by atoms with van der Waals surface area (Å²) < 4.78 is 2.42. The molecule has 0 aromatic rings. The summed E-state index contributed by atoms with van der Waals surface area (Å²) in [5, 5.41) is 0. The van der Waals surface area contributed by atoms with Crippen molar-refractivity contribution in [3.8, 4) is 0 Å². The fraction of sp³-hybridized carbons (Fsp3) is 0.667. The van der Waals surface area contributed by atoms with E-state index in [1.165, 1.54) is 6.92 Å². The third-order valence-electron chi connectivity index (χ3n) is 1.28. The average Bonchev–Trinajstić information content (AvgIpc) is 1.87. The van der Waals surface area contributed by atoms with Gasteiger partial charge in [-0.3, -0.25) is 9.52 Å². The second kappa shape index (κ2) is 5.15. The van der Waals surface area contributed by atoms with E-state index in [2.05, 4.69) is 17.5 Å². The molecule has 0 aromatic carbocycles. The van der Waals surface area contributed by atoms with Gasteiger partial charge >= 0.3 is 0 Å². The molecule has 0 aromatic heterocycles. The van der Waals surface area contributed by atoms with Gasteiger partial charge in [-0.15, -0.1) is 0 Å². The summed E-state index contributed by atoms with van der Waals surface area (Å²) >= 11 is 3.70. The van der Waals surface area contributed by atoms with Crippen molar-refractivity contribution >= 4 is 24.5 Å². The Kier molecular flexibility index (Phi) is 4.89. The normalized spacial score (nSPS) is 12.5. The molecule has 11 heavy (non-hydrogen) atoms. The Balaban J connectivity index is 3.70. The third-order valence-corrected chi connectivity index (χ3v) is 1.60. The number of nitrogens with two attached hydrogens (primary N) is 1. The number of Topliss-reactive ketones (excluding diaryl/α,β-unsaturated/α-hetero) is 1. The number of amides is 1. The van der Waals surface area contributed by atoms with E-state index in [9.17, 15) is 9.59 Å². The summed E-state index contributed by atoms with van der Waals surface area (Å²) in [6.45, 7) is 1.47. The van der Waals surface area contributed by atoms with Crippen LogP contribution in [-0.2, 0) is 9.59 Å². The number of hydrogen-bond donors (Lipinski definition) is 3. The smallest absolute Gasteiger partial charge is 0.235 e. The zero-order chi connectivity index (χ0) is 8.85. The molecule has 1 amide bonds. The van der Waals surface area contributed by atoms with Gasteiger partial charge in [0.15, 0.2) is 0 Å². The van der Waals surface area contributed by atoms with Crippen LogP contribution in [0, 0.1) is 0 Å². The van der Waals surface area contributed by atoms with Crippen LogP contribution in [0.5, 0.6) is 0 Å². The van der Waals surface area contributed by atoms with E-state index in [1.54, 1.807) is 0 Å². The Labute approximate surface area is 71.1 Å². The molecule has 0 aliphatic heterocycles. The first-order valence-corrected chi connectivity index (χ1v) is 3.71. The lowest BCUT2D eigenvalue weighted by Gasteiger charge is -2.08. The molecule has 0 aliphatic carbocycles. The van der Waals surface area contributed by atoms with Crippen molar-refractivity contribution in [1.82, 2.24) is 4.72 Å². The number of ketones is 1. The maximum atomic E-state index is 10.5. The number of carbonyl (C=O) groups is 2. The Morgan fingerprint density at radius 1 is 1.64 bits per heavy atom. The third kappa shape index (κ3) is 4.80. The van der Waals surface area contributed by atoms with Crippen LogP contribution in [0.1, 0.15) is 19.8 Å². The number of hydrogen-bond acceptors (Lipinski definition) is 4. The van der Waals surface area contributed by atoms with Crippen molar-refractivity contribution in [3.63, 3.8) is 0 Å². The van der Waals surface area contributed by atoms with E-state index in [0.29, 0.717) is 12.8 Å². The van der Waals surface area contributed by atoms with E-state index >= 15 is 0 Å². The second-order valence-electron chi connectivity index (χ2n) is 2.32. The van der Waals surface area contributed by atoms with E-state index in [4.69, 9.17) is 5.73 Å². The number of primary amides is 1. The molecule has 3 N–H and O–H groups in total. The molecule has 0 fully saturated rings. The minimum atomic E-state index is -0.512. The van der Waals surface area contributed by atoms with E-state index in [0.717, 1.165) is 0 Å². The van der Waals surface area contributed by atoms with Gasteiger partial charge in [0.25, 0.3) is 0 Å². The van der Waals surface area contributed by atoms with Gasteiger partial charge in [-0.25, -0.2) is 0 Å². The number of rotatable bonds is 5.